The van der Waals surface area contributed by atoms with Gasteiger partial charge in [-0.15, -0.1) is 0 Å². The van der Waals surface area contributed by atoms with E-state index in [1.54, 1.807) is 0 Å². The molecule has 3 aromatic rings. The molecule has 5 heteroatoms. The van der Waals surface area contributed by atoms with E-state index in [1.165, 1.54) is 22.4 Å². The van der Waals surface area contributed by atoms with E-state index in [-0.39, 0.29) is 6.04 Å². The van der Waals surface area contributed by atoms with Gasteiger partial charge in [0.15, 0.2) is 5.82 Å². The summed E-state index contributed by atoms with van der Waals surface area (Å²) in [6, 6.07) is 19.0. The van der Waals surface area contributed by atoms with E-state index >= 15 is 0 Å². The number of hydrogen-bond donors (Lipinski definition) is 2. The number of aliphatic hydroxyl groups is 1. The summed E-state index contributed by atoms with van der Waals surface area (Å²) in [6.45, 7) is 7.64. The second-order valence-corrected chi connectivity index (χ2v) is 7.65. The summed E-state index contributed by atoms with van der Waals surface area (Å²) in [5.41, 5.74) is 5.92. The van der Waals surface area contributed by atoms with Gasteiger partial charge in [0.2, 0.25) is 0 Å². The smallest absolute Gasteiger partial charge is 0.157 e. The Kier molecular flexibility index (Phi) is 5.20. The number of anilines is 2. The fourth-order valence-electron chi connectivity index (χ4n) is 3.94. The molecule has 2 aromatic carbocycles. The first kappa shape index (κ1) is 18.7. The summed E-state index contributed by atoms with van der Waals surface area (Å²) in [4.78, 5) is 2.09. The number of aliphatic hydroxyl groups excluding tert-OH is 1. The SMILES string of the molecule is Cc1cccc(Nc2nn(C(C)c3ccccc3)c3c2CN(C(C)O)CC3)c1. The van der Waals surface area contributed by atoms with Gasteiger partial charge < -0.3 is 10.4 Å². The van der Waals surface area contributed by atoms with Crippen LogP contribution in [0, 0.1) is 6.92 Å². The summed E-state index contributed by atoms with van der Waals surface area (Å²) < 4.78 is 2.15. The molecule has 1 aliphatic heterocycles. The molecule has 4 rings (SSSR count). The third-order valence-electron chi connectivity index (χ3n) is 5.57. The van der Waals surface area contributed by atoms with Crippen molar-refractivity contribution in [1.82, 2.24) is 14.7 Å². The first-order valence-corrected chi connectivity index (χ1v) is 9.94. The third kappa shape index (κ3) is 3.68. The highest BCUT2D eigenvalue weighted by molar-refractivity contribution is 5.61. The van der Waals surface area contributed by atoms with Crippen molar-refractivity contribution in [3.05, 3.63) is 77.0 Å². The molecule has 2 unspecified atom stereocenters. The Morgan fingerprint density at radius 2 is 1.86 bits per heavy atom. The van der Waals surface area contributed by atoms with Crippen LogP contribution in [0.1, 0.15) is 42.3 Å². The maximum atomic E-state index is 10.1. The van der Waals surface area contributed by atoms with Crippen molar-refractivity contribution >= 4 is 11.5 Å². The fourth-order valence-corrected chi connectivity index (χ4v) is 3.94. The minimum atomic E-state index is -0.463. The van der Waals surface area contributed by atoms with Gasteiger partial charge in [-0.1, -0.05) is 42.5 Å². The molecule has 0 radical (unpaired) electrons. The van der Waals surface area contributed by atoms with Gasteiger partial charge in [0.05, 0.1) is 6.04 Å². The van der Waals surface area contributed by atoms with E-state index in [0.29, 0.717) is 6.54 Å². The lowest BCUT2D eigenvalue weighted by atomic mass is 10.0. The second kappa shape index (κ2) is 7.78. The second-order valence-electron chi connectivity index (χ2n) is 7.65. The maximum Gasteiger partial charge on any atom is 0.157 e. The zero-order chi connectivity index (χ0) is 19.7. The molecule has 1 aliphatic rings. The molecule has 0 spiro atoms. The van der Waals surface area contributed by atoms with Crippen molar-refractivity contribution in [2.24, 2.45) is 0 Å². The molecule has 2 N–H and O–H groups in total. The minimum absolute atomic E-state index is 0.154. The van der Waals surface area contributed by atoms with E-state index in [4.69, 9.17) is 5.10 Å². The van der Waals surface area contributed by atoms with Crippen molar-refractivity contribution < 1.29 is 5.11 Å². The first-order chi connectivity index (χ1) is 13.5. The Balaban J connectivity index is 1.74. The molecule has 2 atom stereocenters. The molecule has 28 heavy (non-hydrogen) atoms. The fraction of sp³-hybridized carbons (Fsp3) is 0.348. The lowest BCUT2D eigenvalue weighted by molar-refractivity contribution is 0.00877. The molecule has 0 amide bonds. The summed E-state index contributed by atoms with van der Waals surface area (Å²) in [7, 11) is 0. The van der Waals surface area contributed by atoms with Crippen LogP contribution in [0.4, 0.5) is 11.5 Å². The van der Waals surface area contributed by atoms with Crippen LogP contribution in [-0.4, -0.2) is 32.6 Å². The van der Waals surface area contributed by atoms with E-state index < -0.39 is 6.23 Å². The molecule has 1 aromatic heterocycles. The van der Waals surface area contributed by atoms with Gasteiger partial charge in [-0.2, -0.15) is 5.10 Å². The topological polar surface area (TPSA) is 53.3 Å². The van der Waals surface area contributed by atoms with Gasteiger partial charge in [0, 0.05) is 36.5 Å². The average molecular weight is 377 g/mol. The van der Waals surface area contributed by atoms with E-state index in [0.717, 1.165) is 24.5 Å². The predicted octanol–water partition coefficient (Wildman–Crippen LogP) is 4.24. The molecule has 0 saturated heterocycles. The van der Waals surface area contributed by atoms with Crippen LogP contribution in [0.3, 0.4) is 0 Å². The molecule has 146 valence electrons. The summed E-state index contributed by atoms with van der Waals surface area (Å²) in [5, 5.41) is 18.6. The lowest BCUT2D eigenvalue weighted by Crippen LogP contribution is -2.38. The Labute approximate surface area is 166 Å². The quantitative estimate of drug-likeness (QED) is 0.699. The van der Waals surface area contributed by atoms with Crippen molar-refractivity contribution in [3.8, 4) is 0 Å². The van der Waals surface area contributed by atoms with Gasteiger partial charge in [-0.3, -0.25) is 9.58 Å². The zero-order valence-electron chi connectivity index (χ0n) is 16.8. The summed E-state index contributed by atoms with van der Waals surface area (Å²) >= 11 is 0. The number of fused-ring (bicyclic) bond motifs is 1. The van der Waals surface area contributed by atoms with Crippen molar-refractivity contribution in [1.29, 1.82) is 0 Å². The van der Waals surface area contributed by atoms with Crippen molar-refractivity contribution in [3.63, 3.8) is 0 Å². The van der Waals surface area contributed by atoms with Gasteiger partial charge in [0.1, 0.15) is 6.23 Å². The number of rotatable bonds is 5. The molecule has 0 fully saturated rings. The van der Waals surface area contributed by atoms with E-state index in [1.807, 2.05) is 13.0 Å². The number of nitrogens with zero attached hydrogens (tertiary/aromatic N) is 3. The lowest BCUT2D eigenvalue weighted by Gasteiger charge is -2.30. The Morgan fingerprint density at radius 3 is 2.57 bits per heavy atom. The standard InChI is InChI=1S/C23H28N4O/c1-16-8-7-11-20(14-16)24-23-21-15-26(18(3)28)13-12-22(21)27(25-23)17(2)19-9-5-4-6-10-19/h4-11,14,17-18,28H,12-13,15H2,1-3H3,(H,24,25). The highest BCUT2D eigenvalue weighted by Crippen LogP contribution is 2.32. The van der Waals surface area contributed by atoms with Crippen molar-refractivity contribution in [2.45, 2.75) is 46.0 Å². The highest BCUT2D eigenvalue weighted by atomic mass is 16.3. The largest absolute Gasteiger partial charge is 0.379 e. The molecule has 2 heterocycles. The normalized spacial score (nSPS) is 16.4. The minimum Gasteiger partial charge on any atom is -0.379 e. The highest BCUT2D eigenvalue weighted by Gasteiger charge is 2.28. The first-order valence-electron chi connectivity index (χ1n) is 9.94. The van der Waals surface area contributed by atoms with Crippen LogP contribution in [-0.2, 0) is 13.0 Å². The van der Waals surface area contributed by atoms with Crippen LogP contribution < -0.4 is 5.32 Å². The maximum absolute atomic E-state index is 10.1. The Morgan fingerprint density at radius 1 is 1.07 bits per heavy atom. The summed E-state index contributed by atoms with van der Waals surface area (Å²) in [5.74, 6) is 0.883. The van der Waals surface area contributed by atoms with Crippen LogP contribution in [0.25, 0.3) is 0 Å². The van der Waals surface area contributed by atoms with E-state index in [9.17, 15) is 5.11 Å². The zero-order valence-corrected chi connectivity index (χ0v) is 16.8. The molecule has 0 bridgehead atoms. The van der Waals surface area contributed by atoms with Crippen LogP contribution in [0.5, 0.6) is 0 Å². The van der Waals surface area contributed by atoms with Gasteiger partial charge in [-0.05, 0) is 44.0 Å². The number of aromatic nitrogens is 2. The monoisotopic (exact) mass is 376 g/mol. The Bertz CT molecular complexity index is 948. The van der Waals surface area contributed by atoms with Gasteiger partial charge in [0.25, 0.3) is 0 Å². The van der Waals surface area contributed by atoms with Crippen LogP contribution in [0.15, 0.2) is 54.6 Å². The molecule has 0 aliphatic carbocycles. The average Bonchev–Trinajstić information content (AvgIpc) is 3.06. The molecule has 0 saturated carbocycles. The van der Waals surface area contributed by atoms with Crippen molar-refractivity contribution in [2.75, 3.05) is 11.9 Å². The number of hydrogen-bond acceptors (Lipinski definition) is 4. The third-order valence-corrected chi connectivity index (χ3v) is 5.57. The number of aryl methyl sites for hydroxylation is 1. The van der Waals surface area contributed by atoms with Gasteiger partial charge in [-0.25, -0.2) is 0 Å². The van der Waals surface area contributed by atoms with Crippen LogP contribution >= 0.6 is 0 Å². The van der Waals surface area contributed by atoms with E-state index in [2.05, 4.69) is 77.3 Å². The Hall–Kier alpha value is -2.63. The predicted molar refractivity (Wildman–Crippen MR) is 113 cm³/mol. The molecular weight excluding hydrogens is 348 g/mol. The van der Waals surface area contributed by atoms with Crippen LogP contribution in [0.2, 0.25) is 0 Å². The number of nitrogens with one attached hydrogen (secondary N) is 1. The molecular formula is C23H28N4O. The molecule has 5 nitrogen and oxygen atoms in total. The van der Waals surface area contributed by atoms with Gasteiger partial charge >= 0.3 is 0 Å². The summed E-state index contributed by atoms with van der Waals surface area (Å²) in [6.07, 6.45) is 0.412. The number of benzene rings is 2.